The molecule has 0 aromatic carbocycles. The van der Waals surface area contributed by atoms with Gasteiger partial charge in [0, 0.05) is 25.2 Å². The molecule has 1 saturated heterocycles. The lowest BCUT2D eigenvalue weighted by Gasteiger charge is -2.32. The van der Waals surface area contributed by atoms with Crippen molar-refractivity contribution < 1.29 is 0 Å². The SMILES string of the molecule is CCCNc1cc(N2CCC3CCCCC32)ncn1. The maximum Gasteiger partial charge on any atom is 0.134 e. The molecule has 0 bridgehead atoms. The fourth-order valence-electron chi connectivity index (χ4n) is 3.54. The van der Waals surface area contributed by atoms with Crippen molar-refractivity contribution in [2.45, 2.75) is 51.5 Å². The fraction of sp³-hybridized carbons (Fsp3) is 0.733. The highest BCUT2D eigenvalue weighted by atomic mass is 15.2. The van der Waals surface area contributed by atoms with Crippen molar-refractivity contribution in [3.05, 3.63) is 12.4 Å². The van der Waals surface area contributed by atoms with E-state index in [0.29, 0.717) is 0 Å². The molecule has 19 heavy (non-hydrogen) atoms. The van der Waals surface area contributed by atoms with Crippen LogP contribution in [0, 0.1) is 5.92 Å². The van der Waals surface area contributed by atoms with Crippen LogP contribution in [-0.2, 0) is 0 Å². The van der Waals surface area contributed by atoms with Gasteiger partial charge in [0.25, 0.3) is 0 Å². The molecule has 1 N–H and O–H groups in total. The maximum absolute atomic E-state index is 4.50. The Labute approximate surface area is 115 Å². The average molecular weight is 260 g/mol. The van der Waals surface area contributed by atoms with Crippen LogP contribution in [0.5, 0.6) is 0 Å². The second-order valence-electron chi connectivity index (χ2n) is 5.78. The molecule has 1 aromatic heterocycles. The summed E-state index contributed by atoms with van der Waals surface area (Å²) in [4.78, 5) is 11.3. The first kappa shape index (κ1) is 12.7. The molecular formula is C15H24N4. The minimum Gasteiger partial charge on any atom is -0.370 e. The normalized spacial score (nSPS) is 26.3. The number of hydrogen-bond acceptors (Lipinski definition) is 4. The number of anilines is 2. The summed E-state index contributed by atoms with van der Waals surface area (Å²) in [5, 5.41) is 3.35. The number of nitrogens with one attached hydrogen (secondary N) is 1. The van der Waals surface area contributed by atoms with Gasteiger partial charge in [-0.2, -0.15) is 0 Å². The monoisotopic (exact) mass is 260 g/mol. The lowest BCUT2D eigenvalue weighted by atomic mass is 9.85. The summed E-state index contributed by atoms with van der Waals surface area (Å²) in [5.41, 5.74) is 0. The average Bonchev–Trinajstić information content (AvgIpc) is 2.89. The van der Waals surface area contributed by atoms with E-state index in [1.165, 1.54) is 38.6 Å². The van der Waals surface area contributed by atoms with Gasteiger partial charge in [0.1, 0.15) is 18.0 Å². The van der Waals surface area contributed by atoms with Crippen LogP contribution < -0.4 is 10.2 Å². The van der Waals surface area contributed by atoms with Crippen LogP contribution in [0.1, 0.15) is 45.4 Å². The molecule has 0 amide bonds. The van der Waals surface area contributed by atoms with E-state index >= 15 is 0 Å². The van der Waals surface area contributed by atoms with Crippen molar-refractivity contribution in [2.75, 3.05) is 23.3 Å². The summed E-state index contributed by atoms with van der Waals surface area (Å²) in [5.74, 6) is 2.98. The van der Waals surface area contributed by atoms with Crippen LogP contribution in [-0.4, -0.2) is 29.1 Å². The predicted octanol–water partition coefficient (Wildman–Crippen LogP) is 3.07. The van der Waals surface area contributed by atoms with Gasteiger partial charge in [0.15, 0.2) is 0 Å². The quantitative estimate of drug-likeness (QED) is 0.903. The van der Waals surface area contributed by atoms with E-state index < -0.39 is 0 Å². The van der Waals surface area contributed by atoms with E-state index in [-0.39, 0.29) is 0 Å². The summed E-state index contributed by atoms with van der Waals surface area (Å²) < 4.78 is 0. The molecule has 0 spiro atoms. The van der Waals surface area contributed by atoms with E-state index in [1.807, 2.05) is 0 Å². The van der Waals surface area contributed by atoms with E-state index in [2.05, 4.69) is 33.2 Å². The summed E-state index contributed by atoms with van der Waals surface area (Å²) in [6, 6.07) is 2.84. The first-order valence-corrected chi connectivity index (χ1v) is 7.71. The molecule has 4 heteroatoms. The van der Waals surface area contributed by atoms with Crippen molar-refractivity contribution in [1.82, 2.24) is 9.97 Å². The smallest absolute Gasteiger partial charge is 0.134 e. The Balaban J connectivity index is 1.74. The van der Waals surface area contributed by atoms with Gasteiger partial charge in [-0.3, -0.25) is 0 Å². The summed E-state index contributed by atoms with van der Waals surface area (Å²) in [7, 11) is 0. The molecule has 2 fully saturated rings. The van der Waals surface area contributed by atoms with E-state index in [4.69, 9.17) is 0 Å². The van der Waals surface area contributed by atoms with Gasteiger partial charge in [-0.1, -0.05) is 19.8 Å². The zero-order valence-electron chi connectivity index (χ0n) is 11.8. The first-order chi connectivity index (χ1) is 9.38. The molecule has 1 aliphatic heterocycles. The maximum atomic E-state index is 4.50. The van der Waals surface area contributed by atoms with Crippen LogP contribution in [0.25, 0.3) is 0 Å². The van der Waals surface area contributed by atoms with Gasteiger partial charge in [-0.05, 0) is 31.6 Å². The largest absolute Gasteiger partial charge is 0.370 e. The van der Waals surface area contributed by atoms with Gasteiger partial charge >= 0.3 is 0 Å². The van der Waals surface area contributed by atoms with Crippen molar-refractivity contribution in [1.29, 1.82) is 0 Å². The number of hydrogen-bond donors (Lipinski definition) is 1. The molecule has 2 unspecified atom stereocenters. The van der Waals surface area contributed by atoms with Crippen LogP contribution >= 0.6 is 0 Å². The van der Waals surface area contributed by atoms with Crippen LogP contribution in [0.15, 0.2) is 12.4 Å². The molecule has 4 nitrogen and oxygen atoms in total. The molecule has 0 radical (unpaired) electrons. The Morgan fingerprint density at radius 2 is 2.16 bits per heavy atom. The Morgan fingerprint density at radius 3 is 3.05 bits per heavy atom. The summed E-state index contributed by atoms with van der Waals surface area (Å²) in [6.07, 6.45) is 9.70. The van der Waals surface area contributed by atoms with Gasteiger partial charge in [0.2, 0.25) is 0 Å². The molecule has 1 aliphatic carbocycles. The Kier molecular flexibility index (Phi) is 3.85. The Bertz CT molecular complexity index is 420. The standard InChI is InChI=1S/C15H24N4/c1-2-8-16-14-10-15(18-11-17-14)19-9-7-12-5-3-4-6-13(12)19/h10-13H,2-9H2,1H3,(H,16,17,18). The Hall–Kier alpha value is -1.32. The minimum absolute atomic E-state index is 0.725. The van der Waals surface area contributed by atoms with Crippen LogP contribution in [0.2, 0.25) is 0 Å². The number of rotatable bonds is 4. The van der Waals surface area contributed by atoms with Crippen molar-refractivity contribution in [3.8, 4) is 0 Å². The fourth-order valence-corrected chi connectivity index (χ4v) is 3.54. The lowest BCUT2D eigenvalue weighted by Crippen LogP contribution is -2.35. The zero-order chi connectivity index (χ0) is 13.1. The van der Waals surface area contributed by atoms with Gasteiger partial charge in [0.05, 0.1) is 0 Å². The number of fused-ring (bicyclic) bond motifs is 1. The molecule has 2 heterocycles. The first-order valence-electron chi connectivity index (χ1n) is 7.71. The highest BCUT2D eigenvalue weighted by Gasteiger charge is 2.36. The van der Waals surface area contributed by atoms with Crippen molar-refractivity contribution >= 4 is 11.6 Å². The highest BCUT2D eigenvalue weighted by molar-refractivity contribution is 5.50. The predicted molar refractivity (Wildman–Crippen MR) is 78.5 cm³/mol. The van der Waals surface area contributed by atoms with Gasteiger partial charge in [-0.15, -0.1) is 0 Å². The molecule has 1 aromatic rings. The third-order valence-corrected chi connectivity index (χ3v) is 4.51. The van der Waals surface area contributed by atoms with Crippen LogP contribution in [0.3, 0.4) is 0 Å². The molecule has 2 aliphatic rings. The molecule has 104 valence electrons. The molecule has 2 atom stereocenters. The third-order valence-electron chi connectivity index (χ3n) is 4.51. The molecular weight excluding hydrogens is 236 g/mol. The number of aromatic nitrogens is 2. The van der Waals surface area contributed by atoms with Crippen LogP contribution in [0.4, 0.5) is 11.6 Å². The highest BCUT2D eigenvalue weighted by Crippen LogP contribution is 2.38. The summed E-state index contributed by atoms with van der Waals surface area (Å²) >= 11 is 0. The van der Waals surface area contributed by atoms with E-state index in [9.17, 15) is 0 Å². The topological polar surface area (TPSA) is 41.0 Å². The van der Waals surface area contributed by atoms with E-state index in [0.717, 1.165) is 36.6 Å². The Morgan fingerprint density at radius 1 is 1.26 bits per heavy atom. The number of nitrogens with zero attached hydrogens (tertiary/aromatic N) is 3. The molecule has 1 saturated carbocycles. The zero-order valence-corrected chi connectivity index (χ0v) is 11.8. The third kappa shape index (κ3) is 2.67. The minimum atomic E-state index is 0.725. The van der Waals surface area contributed by atoms with Crippen molar-refractivity contribution in [3.63, 3.8) is 0 Å². The van der Waals surface area contributed by atoms with Gasteiger partial charge < -0.3 is 10.2 Å². The molecule has 3 rings (SSSR count). The summed E-state index contributed by atoms with van der Waals surface area (Å²) in [6.45, 7) is 4.31. The second kappa shape index (κ2) is 5.76. The second-order valence-corrected chi connectivity index (χ2v) is 5.78. The van der Waals surface area contributed by atoms with Gasteiger partial charge in [-0.25, -0.2) is 9.97 Å². The lowest BCUT2D eigenvalue weighted by molar-refractivity contribution is 0.341. The van der Waals surface area contributed by atoms with E-state index in [1.54, 1.807) is 6.33 Å². The van der Waals surface area contributed by atoms with Crippen molar-refractivity contribution in [2.24, 2.45) is 5.92 Å².